The Hall–Kier alpha value is -2.34. The highest BCUT2D eigenvalue weighted by molar-refractivity contribution is 9.10. The second kappa shape index (κ2) is 5.75. The lowest BCUT2D eigenvalue weighted by molar-refractivity contribution is 0.0694. The highest BCUT2D eigenvalue weighted by Crippen LogP contribution is 2.25. The van der Waals surface area contributed by atoms with E-state index in [2.05, 4.69) is 20.9 Å². The molecule has 0 radical (unpaired) electrons. The fraction of sp³-hybridized carbons (Fsp3) is 0. The number of phenolic OH excluding ortho intramolecular Hbond substituents is 1. The van der Waals surface area contributed by atoms with Gasteiger partial charge in [-0.25, -0.2) is 4.79 Å². The minimum absolute atomic E-state index is 0.0725. The summed E-state index contributed by atoms with van der Waals surface area (Å²) in [6, 6.07) is 8.88. The van der Waals surface area contributed by atoms with Crippen LogP contribution in [0.15, 0.2) is 45.9 Å². The van der Waals surface area contributed by atoms with E-state index in [0.29, 0.717) is 11.3 Å². The quantitative estimate of drug-likeness (QED) is 0.750. The first-order valence-corrected chi connectivity index (χ1v) is 6.35. The van der Waals surface area contributed by atoms with Crippen LogP contribution in [0.3, 0.4) is 0 Å². The largest absolute Gasteiger partial charge is 0.507 e. The Kier molecular flexibility index (Phi) is 4.05. The molecule has 3 N–H and O–H groups in total. The summed E-state index contributed by atoms with van der Waals surface area (Å²) in [5.74, 6) is -1.49. The van der Waals surface area contributed by atoms with E-state index in [9.17, 15) is 15.0 Å². The molecule has 0 bridgehead atoms. The zero-order valence-electron chi connectivity index (χ0n) is 10.1. The Balaban J connectivity index is 2.30. The number of carboxylic acids is 1. The molecule has 0 spiro atoms. The first kappa shape index (κ1) is 14.1. The third kappa shape index (κ3) is 3.16. The number of carbonyl (C=O) groups is 1. The highest BCUT2D eigenvalue weighted by atomic mass is 79.9. The van der Waals surface area contributed by atoms with Crippen LogP contribution in [-0.2, 0) is 0 Å². The van der Waals surface area contributed by atoms with Crippen LogP contribution >= 0.6 is 15.9 Å². The van der Waals surface area contributed by atoms with Crippen molar-refractivity contribution in [1.82, 2.24) is 0 Å². The molecule has 2 aromatic rings. The Morgan fingerprint density at radius 3 is 2.50 bits per heavy atom. The van der Waals surface area contributed by atoms with Crippen molar-refractivity contribution in [1.29, 1.82) is 0 Å². The Morgan fingerprint density at radius 2 is 1.85 bits per heavy atom. The van der Waals surface area contributed by atoms with Gasteiger partial charge in [0.2, 0.25) is 0 Å². The minimum Gasteiger partial charge on any atom is -0.507 e. The van der Waals surface area contributed by atoms with Gasteiger partial charge in [0.25, 0.3) is 0 Å². The second-order valence-corrected chi connectivity index (χ2v) is 4.88. The number of halogens is 1. The van der Waals surface area contributed by atoms with Crippen LogP contribution in [0.2, 0.25) is 0 Å². The molecule has 20 heavy (non-hydrogen) atoms. The molecular weight excluding hydrogens is 326 g/mol. The van der Waals surface area contributed by atoms with Crippen LogP contribution in [0, 0.1) is 0 Å². The van der Waals surface area contributed by atoms with Crippen LogP contribution in [0.4, 0.5) is 5.69 Å². The van der Waals surface area contributed by atoms with Gasteiger partial charge in [0.05, 0.1) is 5.69 Å². The van der Waals surface area contributed by atoms with E-state index in [1.807, 2.05) is 0 Å². The van der Waals surface area contributed by atoms with E-state index in [1.165, 1.54) is 30.5 Å². The number of rotatable bonds is 3. The molecule has 2 rings (SSSR count). The van der Waals surface area contributed by atoms with Crippen molar-refractivity contribution >= 4 is 33.8 Å². The number of aromatic hydroxyl groups is 2. The second-order valence-electron chi connectivity index (χ2n) is 3.97. The predicted octanol–water partition coefficient (Wildman–Crippen LogP) is 3.31. The summed E-state index contributed by atoms with van der Waals surface area (Å²) in [4.78, 5) is 14.8. The van der Waals surface area contributed by atoms with Crippen LogP contribution in [0.1, 0.15) is 15.9 Å². The molecule has 0 saturated carbocycles. The van der Waals surface area contributed by atoms with E-state index in [-0.39, 0.29) is 17.1 Å². The average molecular weight is 336 g/mol. The van der Waals surface area contributed by atoms with Crippen molar-refractivity contribution < 1.29 is 20.1 Å². The van der Waals surface area contributed by atoms with Crippen molar-refractivity contribution in [3.63, 3.8) is 0 Å². The van der Waals surface area contributed by atoms with Crippen LogP contribution in [0.25, 0.3) is 0 Å². The maximum absolute atomic E-state index is 10.8. The number of carboxylic acid groups (broad SMARTS) is 1. The SMILES string of the molecule is O=C(O)c1ccc(N=Cc2cc(Br)ccc2O)cc1O. The van der Waals surface area contributed by atoms with Crippen LogP contribution in [-0.4, -0.2) is 27.5 Å². The molecule has 0 aliphatic carbocycles. The summed E-state index contributed by atoms with van der Waals surface area (Å²) in [5.41, 5.74) is 0.697. The average Bonchev–Trinajstić information content (AvgIpc) is 2.39. The standard InChI is InChI=1S/C14H10BrNO4/c15-9-1-4-12(17)8(5-9)7-16-10-2-3-11(14(19)20)13(18)6-10/h1-7,17-18H,(H,19,20). The number of phenols is 2. The highest BCUT2D eigenvalue weighted by Gasteiger charge is 2.09. The zero-order chi connectivity index (χ0) is 14.7. The van der Waals surface area contributed by atoms with Crippen molar-refractivity contribution in [3.8, 4) is 11.5 Å². The van der Waals surface area contributed by atoms with Crippen molar-refractivity contribution in [2.24, 2.45) is 4.99 Å². The molecule has 0 unspecified atom stereocenters. The third-order valence-corrected chi connectivity index (χ3v) is 3.05. The fourth-order valence-electron chi connectivity index (χ4n) is 1.55. The molecule has 5 nitrogen and oxygen atoms in total. The maximum Gasteiger partial charge on any atom is 0.339 e. The normalized spacial score (nSPS) is 10.8. The van der Waals surface area contributed by atoms with Gasteiger partial charge >= 0.3 is 5.97 Å². The Bertz CT molecular complexity index is 698. The topological polar surface area (TPSA) is 90.1 Å². The summed E-state index contributed by atoms with van der Waals surface area (Å²) in [7, 11) is 0. The van der Waals surface area contributed by atoms with Gasteiger partial charge in [-0.05, 0) is 30.3 Å². The molecule has 0 aliphatic rings. The van der Waals surface area contributed by atoms with E-state index in [4.69, 9.17) is 5.11 Å². The predicted molar refractivity (Wildman–Crippen MR) is 78.1 cm³/mol. The van der Waals surface area contributed by atoms with Crippen LogP contribution in [0.5, 0.6) is 11.5 Å². The molecule has 0 aliphatic heterocycles. The fourth-order valence-corrected chi connectivity index (χ4v) is 1.93. The van der Waals surface area contributed by atoms with Gasteiger partial charge in [-0.3, -0.25) is 4.99 Å². The summed E-state index contributed by atoms with van der Waals surface area (Å²) in [6.07, 6.45) is 1.43. The number of nitrogens with zero attached hydrogens (tertiary/aromatic N) is 1. The van der Waals surface area contributed by atoms with Gasteiger partial charge in [-0.15, -0.1) is 0 Å². The van der Waals surface area contributed by atoms with Gasteiger partial charge in [-0.2, -0.15) is 0 Å². The van der Waals surface area contributed by atoms with Gasteiger partial charge in [0.15, 0.2) is 0 Å². The first-order valence-electron chi connectivity index (χ1n) is 5.56. The van der Waals surface area contributed by atoms with Crippen molar-refractivity contribution in [3.05, 3.63) is 52.0 Å². The van der Waals surface area contributed by atoms with Crippen molar-refractivity contribution in [2.75, 3.05) is 0 Å². The lowest BCUT2D eigenvalue weighted by atomic mass is 10.2. The summed E-state index contributed by atoms with van der Waals surface area (Å²) in [6.45, 7) is 0. The van der Waals surface area contributed by atoms with Gasteiger partial charge in [0, 0.05) is 22.3 Å². The van der Waals surface area contributed by atoms with Gasteiger partial charge in [-0.1, -0.05) is 15.9 Å². The molecule has 0 heterocycles. The molecule has 0 fully saturated rings. The van der Waals surface area contributed by atoms with Crippen LogP contribution < -0.4 is 0 Å². The number of aliphatic imine (C=N–C) groups is 1. The Morgan fingerprint density at radius 1 is 1.10 bits per heavy atom. The zero-order valence-corrected chi connectivity index (χ0v) is 11.7. The smallest absolute Gasteiger partial charge is 0.339 e. The summed E-state index contributed by atoms with van der Waals surface area (Å²) < 4.78 is 0.792. The lowest BCUT2D eigenvalue weighted by Crippen LogP contribution is -1.95. The molecule has 102 valence electrons. The summed E-state index contributed by atoms with van der Waals surface area (Å²) >= 11 is 3.28. The van der Waals surface area contributed by atoms with Gasteiger partial charge in [0.1, 0.15) is 17.1 Å². The van der Waals surface area contributed by atoms with E-state index >= 15 is 0 Å². The van der Waals surface area contributed by atoms with E-state index in [0.717, 1.165) is 4.47 Å². The minimum atomic E-state index is -1.21. The third-order valence-electron chi connectivity index (χ3n) is 2.55. The first-order chi connectivity index (χ1) is 9.47. The Labute approximate surface area is 123 Å². The number of hydrogen-bond donors (Lipinski definition) is 3. The van der Waals surface area contributed by atoms with E-state index < -0.39 is 5.97 Å². The van der Waals surface area contributed by atoms with Gasteiger partial charge < -0.3 is 15.3 Å². The lowest BCUT2D eigenvalue weighted by Gasteiger charge is -2.01. The molecule has 6 heteroatoms. The monoisotopic (exact) mass is 335 g/mol. The maximum atomic E-state index is 10.8. The molecule has 2 aromatic carbocycles. The molecular formula is C14H10BrNO4. The number of aromatic carboxylic acids is 1. The molecule has 0 atom stereocenters. The molecule has 0 amide bonds. The number of benzene rings is 2. The van der Waals surface area contributed by atoms with E-state index in [1.54, 1.807) is 12.1 Å². The van der Waals surface area contributed by atoms with Crippen molar-refractivity contribution in [2.45, 2.75) is 0 Å². The number of hydrogen-bond acceptors (Lipinski definition) is 4. The molecule has 0 aromatic heterocycles. The summed E-state index contributed by atoms with van der Waals surface area (Å²) in [5, 5.41) is 28.0. The molecule has 0 saturated heterocycles.